The molecule has 1 atom stereocenters. The van der Waals surface area contributed by atoms with Crippen LogP contribution in [0.1, 0.15) is 78.1 Å². The highest BCUT2D eigenvalue weighted by atomic mass is 16.5. The number of carbonyl (C=O) groups excluding carboxylic acids is 1. The van der Waals surface area contributed by atoms with Crippen LogP contribution in [0.2, 0.25) is 0 Å². The highest BCUT2D eigenvalue weighted by Gasteiger charge is 2.19. The van der Waals surface area contributed by atoms with E-state index in [0.717, 1.165) is 38.7 Å². The van der Waals surface area contributed by atoms with Crippen LogP contribution in [0, 0.1) is 0 Å². The van der Waals surface area contributed by atoms with Crippen LogP contribution in [0.3, 0.4) is 0 Å². The van der Waals surface area contributed by atoms with Crippen LogP contribution in [0.25, 0.3) is 0 Å². The SMILES string of the molecule is CCCCCC(=O)C=C1CCCOC1CCCCC. The molecule has 1 unspecified atom stereocenters. The van der Waals surface area contributed by atoms with Crippen molar-refractivity contribution in [2.45, 2.75) is 84.2 Å². The molecule has 0 aromatic rings. The topological polar surface area (TPSA) is 26.3 Å². The Balaban J connectivity index is 2.43. The highest BCUT2D eigenvalue weighted by Crippen LogP contribution is 2.24. The van der Waals surface area contributed by atoms with Crippen molar-refractivity contribution in [2.24, 2.45) is 0 Å². The maximum atomic E-state index is 11.9. The summed E-state index contributed by atoms with van der Waals surface area (Å²) in [6.45, 7) is 5.25. The van der Waals surface area contributed by atoms with Crippen LogP contribution < -0.4 is 0 Å². The zero-order valence-corrected chi connectivity index (χ0v) is 12.7. The monoisotopic (exact) mass is 266 g/mol. The first-order valence-corrected chi connectivity index (χ1v) is 8.12. The van der Waals surface area contributed by atoms with Crippen molar-refractivity contribution in [3.63, 3.8) is 0 Å². The molecule has 1 aliphatic rings. The minimum absolute atomic E-state index is 0.218. The lowest BCUT2D eigenvalue weighted by Crippen LogP contribution is -2.22. The zero-order valence-electron chi connectivity index (χ0n) is 12.7. The van der Waals surface area contributed by atoms with Crippen LogP contribution >= 0.6 is 0 Å². The van der Waals surface area contributed by atoms with Gasteiger partial charge in [0.25, 0.3) is 0 Å². The molecular formula is C17H30O2. The second-order valence-electron chi connectivity index (χ2n) is 5.60. The summed E-state index contributed by atoms with van der Waals surface area (Å²) in [7, 11) is 0. The molecule has 0 aromatic heterocycles. The van der Waals surface area contributed by atoms with Gasteiger partial charge in [0, 0.05) is 13.0 Å². The molecular weight excluding hydrogens is 236 g/mol. The van der Waals surface area contributed by atoms with Gasteiger partial charge < -0.3 is 4.74 Å². The lowest BCUT2D eigenvalue weighted by atomic mass is 9.95. The highest BCUT2D eigenvalue weighted by molar-refractivity contribution is 5.90. The van der Waals surface area contributed by atoms with Gasteiger partial charge in [-0.3, -0.25) is 4.79 Å². The van der Waals surface area contributed by atoms with Gasteiger partial charge in [-0.2, -0.15) is 0 Å². The largest absolute Gasteiger partial charge is 0.374 e. The van der Waals surface area contributed by atoms with Crippen molar-refractivity contribution in [1.82, 2.24) is 0 Å². The Hall–Kier alpha value is -0.630. The van der Waals surface area contributed by atoms with Gasteiger partial charge >= 0.3 is 0 Å². The number of rotatable bonds is 9. The molecule has 0 aromatic carbocycles. The fraction of sp³-hybridized carbons (Fsp3) is 0.824. The standard InChI is InChI=1S/C17H30O2/c1-3-5-7-11-16(18)14-15-10-9-13-19-17(15)12-8-6-4-2/h14,17H,3-13H2,1-2H3. The third-order valence-corrected chi connectivity index (χ3v) is 3.79. The van der Waals surface area contributed by atoms with E-state index in [1.807, 2.05) is 6.08 Å². The van der Waals surface area contributed by atoms with Gasteiger partial charge in [0.1, 0.15) is 0 Å². The number of carbonyl (C=O) groups is 1. The Morgan fingerprint density at radius 3 is 2.68 bits per heavy atom. The molecule has 19 heavy (non-hydrogen) atoms. The van der Waals surface area contributed by atoms with E-state index in [1.165, 1.54) is 31.3 Å². The van der Waals surface area contributed by atoms with E-state index in [9.17, 15) is 4.79 Å². The molecule has 2 nitrogen and oxygen atoms in total. The Kier molecular flexibility index (Phi) is 8.81. The van der Waals surface area contributed by atoms with Crippen LogP contribution in [0.4, 0.5) is 0 Å². The van der Waals surface area contributed by atoms with Gasteiger partial charge in [-0.05, 0) is 37.3 Å². The number of hydrogen-bond acceptors (Lipinski definition) is 2. The lowest BCUT2D eigenvalue weighted by Gasteiger charge is -2.26. The molecule has 1 saturated heterocycles. The minimum atomic E-state index is 0.218. The van der Waals surface area contributed by atoms with Crippen LogP contribution in [0.15, 0.2) is 11.6 Å². The summed E-state index contributed by atoms with van der Waals surface area (Å²) in [4.78, 5) is 11.9. The van der Waals surface area contributed by atoms with Crippen molar-refractivity contribution < 1.29 is 9.53 Å². The second-order valence-corrected chi connectivity index (χ2v) is 5.60. The number of hydrogen-bond donors (Lipinski definition) is 0. The second kappa shape index (κ2) is 10.2. The lowest BCUT2D eigenvalue weighted by molar-refractivity contribution is -0.114. The van der Waals surface area contributed by atoms with Crippen molar-refractivity contribution in [3.8, 4) is 0 Å². The summed E-state index contributed by atoms with van der Waals surface area (Å²) >= 11 is 0. The molecule has 1 heterocycles. The van der Waals surface area contributed by atoms with Crippen molar-refractivity contribution >= 4 is 5.78 Å². The fourth-order valence-corrected chi connectivity index (χ4v) is 2.61. The quantitative estimate of drug-likeness (QED) is 0.441. The predicted octanol–water partition coefficient (Wildman–Crippen LogP) is 4.82. The van der Waals surface area contributed by atoms with E-state index in [1.54, 1.807) is 0 Å². The first-order valence-electron chi connectivity index (χ1n) is 8.12. The number of ketones is 1. The van der Waals surface area contributed by atoms with E-state index >= 15 is 0 Å². The Morgan fingerprint density at radius 1 is 1.21 bits per heavy atom. The molecule has 0 amide bonds. The first-order chi connectivity index (χ1) is 9.27. The number of allylic oxidation sites excluding steroid dienone is 1. The third-order valence-electron chi connectivity index (χ3n) is 3.79. The number of ether oxygens (including phenoxy) is 1. The molecule has 1 rings (SSSR count). The van der Waals surface area contributed by atoms with Gasteiger partial charge in [-0.15, -0.1) is 0 Å². The molecule has 0 bridgehead atoms. The summed E-state index contributed by atoms with van der Waals surface area (Å²) in [6, 6.07) is 0. The molecule has 0 radical (unpaired) electrons. The molecule has 1 aliphatic heterocycles. The molecule has 0 spiro atoms. The summed E-state index contributed by atoms with van der Waals surface area (Å²) in [5.41, 5.74) is 1.25. The van der Waals surface area contributed by atoms with E-state index < -0.39 is 0 Å². The summed E-state index contributed by atoms with van der Waals surface area (Å²) < 4.78 is 5.84. The van der Waals surface area contributed by atoms with E-state index in [2.05, 4.69) is 13.8 Å². The van der Waals surface area contributed by atoms with Crippen LogP contribution in [-0.4, -0.2) is 18.5 Å². The molecule has 0 saturated carbocycles. The maximum Gasteiger partial charge on any atom is 0.155 e. The normalized spacial score (nSPS) is 21.8. The third kappa shape index (κ3) is 6.91. The van der Waals surface area contributed by atoms with E-state index in [0.29, 0.717) is 12.2 Å². The van der Waals surface area contributed by atoms with E-state index in [4.69, 9.17) is 4.74 Å². The fourth-order valence-electron chi connectivity index (χ4n) is 2.61. The molecule has 110 valence electrons. The molecule has 1 fully saturated rings. The predicted molar refractivity (Wildman–Crippen MR) is 80.3 cm³/mol. The summed E-state index contributed by atoms with van der Waals surface area (Å²) in [6.07, 6.45) is 13.1. The Bertz CT molecular complexity index is 281. The first kappa shape index (κ1) is 16.4. The zero-order chi connectivity index (χ0) is 13.9. The smallest absolute Gasteiger partial charge is 0.155 e. The van der Waals surface area contributed by atoms with Gasteiger partial charge in [-0.25, -0.2) is 0 Å². The minimum Gasteiger partial charge on any atom is -0.374 e. The number of unbranched alkanes of at least 4 members (excludes halogenated alkanes) is 4. The Morgan fingerprint density at radius 2 is 1.95 bits per heavy atom. The Labute approximate surface area is 118 Å². The van der Waals surface area contributed by atoms with Gasteiger partial charge in [-0.1, -0.05) is 46.0 Å². The van der Waals surface area contributed by atoms with Gasteiger partial charge in [0.05, 0.1) is 6.10 Å². The maximum absolute atomic E-state index is 11.9. The van der Waals surface area contributed by atoms with Crippen molar-refractivity contribution in [2.75, 3.05) is 6.61 Å². The molecule has 2 heteroatoms. The van der Waals surface area contributed by atoms with Gasteiger partial charge in [0.15, 0.2) is 5.78 Å². The van der Waals surface area contributed by atoms with Gasteiger partial charge in [0.2, 0.25) is 0 Å². The molecule has 0 aliphatic carbocycles. The summed E-state index contributed by atoms with van der Waals surface area (Å²) in [5.74, 6) is 0.300. The van der Waals surface area contributed by atoms with E-state index in [-0.39, 0.29) is 6.10 Å². The van der Waals surface area contributed by atoms with Crippen molar-refractivity contribution in [3.05, 3.63) is 11.6 Å². The average molecular weight is 266 g/mol. The van der Waals surface area contributed by atoms with Crippen LogP contribution in [0.5, 0.6) is 0 Å². The molecule has 0 N–H and O–H groups in total. The average Bonchev–Trinajstić information content (AvgIpc) is 2.41. The van der Waals surface area contributed by atoms with Crippen LogP contribution in [-0.2, 0) is 9.53 Å². The summed E-state index contributed by atoms with van der Waals surface area (Å²) in [5, 5.41) is 0. The van der Waals surface area contributed by atoms with Crippen molar-refractivity contribution in [1.29, 1.82) is 0 Å².